The largest absolute Gasteiger partial charge is 0.544 e. The van der Waals surface area contributed by atoms with Crippen LogP contribution in [0.2, 0.25) is 0 Å². The van der Waals surface area contributed by atoms with E-state index in [0.717, 1.165) is 64.2 Å². The average molecular weight is 812 g/mol. The molecule has 0 aromatic rings. The number of nitrogens with zero attached hydrogens (tertiary/aromatic N) is 1. The molecule has 2 atom stereocenters. The van der Waals surface area contributed by atoms with Crippen molar-refractivity contribution in [2.75, 3.05) is 41.0 Å². The molecule has 0 amide bonds. The minimum atomic E-state index is -1.13. The standard InChI is InChI=1S/C50H85NO7/c1-6-8-10-12-14-16-18-20-21-22-23-24-25-26-27-29-31-33-35-37-39-41-49(53)58-46(44-56-43-42-47(50(54)55)51(3,4)5)45-57-48(52)40-38-36-34-32-30-28-19-17-15-13-11-9-7-2/h8-11,13-17,19,28,30,46-47H,6-7,12,18,20-27,29,31-45H2,1-5H3/b10-8+,11-9+,15-13+,16-14+,19-17+,30-28+. The number of hydrogen-bond acceptors (Lipinski definition) is 7. The van der Waals surface area contributed by atoms with E-state index in [4.69, 9.17) is 14.2 Å². The Balaban J connectivity index is 4.30. The fourth-order valence-electron chi connectivity index (χ4n) is 6.41. The number of carbonyl (C=O) groups excluding carboxylic acids is 3. The molecule has 0 N–H and O–H groups in total. The Morgan fingerprint density at radius 2 is 1.00 bits per heavy atom. The maximum Gasteiger partial charge on any atom is 0.306 e. The van der Waals surface area contributed by atoms with Crippen molar-refractivity contribution in [1.29, 1.82) is 0 Å². The Hall–Kier alpha value is -3.23. The number of aliphatic carboxylic acids is 1. The van der Waals surface area contributed by atoms with Crippen LogP contribution >= 0.6 is 0 Å². The highest BCUT2D eigenvalue weighted by atomic mass is 16.6. The first kappa shape index (κ1) is 54.8. The van der Waals surface area contributed by atoms with Gasteiger partial charge in [-0.2, -0.15) is 0 Å². The molecule has 0 aliphatic rings. The molecular formula is C50H85NO7. The first-order valence-corrected chi connectivity index (χ1v) is 23.0. The van der Waals surface area contributed by atoms with E-state index in [0.29, 0.717) is 12.8 Å². The Morgan fingerprint density at radius 1 is 0.534 bits per heavy atom. The highest BCUT2D eigenvalue weighted by Gasteiger charge is 2.25. The third kappa shape index (κ3) is 38.3. The van der Waals surface area contributed by atoms with E-state index < -0.39 is 18.1 Å². The molecule has 0 aromatic carbocycles. The van der Waals surface area contributed by atoms with Crippen LogP contribution < -0.4 is 5.11 Å². The lowest BCUT2D eigenvalue weighted by Gasteiger charge is -2.34. The van der Waals surface area contributed by atoms with Crippen molar-refractivity contribution in [3.8, 4) is 0 Å². The molecule has 0 radical (unpaired) electrons. The van der Waals surface area contributed by atoms with Crippen molar-refractivity contribution in [2.24, 2.45) is 0 Å². The molecule has 0 bridgehead atoms. The van der Waals surface area contributed by atoms with Crippen LogP contribution in [0.15, 0.2) is 72.9 Å². The minimum absolute atomic E-state index is 0.0252. The van der Waals surface area contributed by atoms with Gasteiger partial charge in [-0.15, -0.1) is 0 Å². The Labute approximate surface area is 355 Å². The van der Waals surface area contributed by atoms with Gasteiger partial charge >= 0.3 is 11.9 Å². The van der Waals surface area contributed by atoms with Crippen molar-refractivity contribution in [1.82, 2.24) is 0 Å². The first-order valence-electron chi connectivity index (χ1n) is 23.0. The quantitative estimate of drug-likeness (QED) is 0.0200. The second-order valence-electron chi connectivity index (χ2n) is 16.3. The highest BCUT2D eigenvalue weighted by Crippen LogP contribution is 2.15. The summed E-state index contributed by atoms with van der Waals surface area (Å²) in [5.74, 6) is -1.79. The van der Waals surface area contributed by atoms with Crippen molar-refractivity contribution >= 4 is 17.9 Å². The molecule has 332 valence electrons. The number of rotatable bonds is 40. The lowest BCUT2D eigenvalue weighted by Crippen LogP contribution is -2.55. The van der Waals surface area contributed by atoms with E-state index in [2.05, 4.69) is 50.3 Å². The van der Waals surface area contributed by atoms with Gasteiger partial charge in [0.15, 0.2) is 6.10 Å². The van der Waals surface area contributed by atoms with Crippen molar-refractivity contribution in [3.63, 3.8) is 0 Å². The third-order valence-electron chi connectivity index (χ3n) is 9.93. The zero-order valence-electron chi connectivity index (χ0n) is 37.7. The second-order valence-corrected chi connectivity index (χ2v) is 16.3. The first-order chi connectivity index (χ1) is 28.1. The Bertz CT molecular complexity index is 1180. The van der Waals surface area contributed by atoms with Gasteiger partial charge in [0, 0.05) is 19.3 Å². The van der Waals surface area contributed by atoms with Crippen molar-refractivity contribution in [2.45, 2.75) is 187 Å². The summed E-state index contributed by atoms with van der Waals surface area (Å²) in [5, 5.41) is 11.6. The number of carbonyl (C=O) groups is 3. The zero-order valence-corrected chi connectivity index (χ0v) is 37.7. The molecular weight excluding hydrogens is 727 g/mol. The van der Waals surface area contributed by atoms with Gasteiger partial charge in [-0.3, -0.25) is 9.59 Å². The van der Waals surface area contributed by atoms with Crippen LogP contribution in [0.5, 0.6) is 0 Å². The normalized spacial score (nSPS) is 13.6. The number of carboxylic acids is 1. The van der Waals surface area contributed by atoms with Crippen LogP contribution in [0.25, 0.3) is 0 Å². The molecule has 58 heavy (non-hydrogen) atoms. The van der Waals surface area contributed by atoms with Gasteiger partial charge in [0.25, 0.3) is 0 Å². The monoisotopic (exact) mass is 812 g/mol. The molecule has 0 saturated heterocycles. The highest BCUT2D eigenvalue weighted by molar-refractivity contribution is 5.70. The lowest BCUT2D eigenvalue weighted by atomic mass is 10.0. The summed E-state index contributed by atoms with van der Waals surface area (Å²) in [6, 6.07) is -0.734. The van der Waals surface area contributed by atoms with Crippen LogP contribution in [-0.4, -0.2) is 75.5 Å². The van der Waals surface area contributed by atoms with Crippen LogP contribution in [0.1, 0.15) is 174 Å². The molecule has 0 aliphatic heterocycles. The number of likely N-dealkylation sites (N-methyl/N-ethyl adjacent to an activating group) is 1. The maximum absolute atomic E-state index is 12.7. The fourth-order valence-corrected chi connectivity index (χ4v) is 6.41. The third-order valence-corrected chi connectivity index (χ3v) is 9.93. The van der Waals surface area contributed by atoms with Crippen LogP contribution in [0, 0.1) is 0 Å². The molecule has 0 saturated carbocycles. The van der Waals surface area contributed by atoms with Crippen LogP contribution in [-0.2, 0) is 28.6 Å². The number of esters is 2. The smallest absolute Gasteiger partial charge is 0.306 e. The number of hydrogen-bond donors (Lipinski definition) is 0. The number of allylic oxidation sites excluding steroid dienone is 12. The van der Waals surface area contributed by atoms with E-state index in [-0.39, 0.29) is 42.7 Å². The van der Waals surface area contributed by atoms with Crippen LogP contribution in [0.4, 0.5) is 0 Å². The topological polar surface area (TPSA) is 102 Å². The predicted octanol–water partition coefficient (Wildman–Crippen LogP) is 11.4. The van der Waals surface area contributed by atoms with Gasteiger partial charge < -0.3 is 28.6 Å². The summed E-state index contributed by atoms with van der Waals surface area (Å²) in [5.41, 5.74) is 0. The molecule has 0 rings (SSSR count). The van der Waals surface area contributed by atoms with E-state index in [1.807, 2.05) is 36.5 Å². The van der Waals surface area contributed by atoms with Crippen LogP contribution in [0.3, 0.4) is 0 Å². The summed E-state index contributed by atoms with van der Waals surface area (Å²) >= 11 is 0. The molecule has 0 spiro atoms. The second kappa shape index (κ2) is 40.5. The maximum atomic E-state index is 12.7. The molecule has 0 heterocycles. The molecule has 8 nitrogen and oxygen atoms in total. The van der Waals surface area contributed by atoms with E-state index in [1.165, 1.54) is 77.0 Å². The Kier molecular flexibility index (Phi) is 38.3. The summed E-state index contributed by atoms with van der Waals surface area (Å²) in [4.78, 5) is 36.9. The SMILES string of the molecule is CC/C=C/C=C/C=C/C=C/CCCCCC(=O)OCC(COCCC(C(=O)[O-])[N+](C)(C)C)OC(=O)CCCCCCCCCCCCCCCC/C=C/C/C=C/CC. The number of carboxylic acid groups (broad SMARTS) is 1. The summed E-state index contributed by atoms with van der Waals surface area (Å²) in [6.07, 6.45) is 50.8. The van der Waals surface area contributed by atoms with Gasteiger partial charge in [-0.25, -0.2) is 0 Å². The fraction of sp³-hybridized carbons (Fsp3) is 0.700. The number of unbranched alkanes of at least 4 members (excludes halogenated alkanes) is 17. The van der Waals surface area contributed by atoms with Gasteiger partial charge in [-0.05, 0) is 57.8 Å². The van der Waals surface area contributed by atoms with Gasteiger partial charge in [-0.1, -0.05) is 170 Å². The summed E-state index contributed by atoms with van der Waals surface area (Å²) in [6.45, 7) is 4.37. The molecule has 0 aliphatic carbocycles. The summed E-state index contributed by atoms with van der Waals surface area (Å²) < 4.78 is 17.1. The zero-order chi connectivity index (χ0) is 42.8. The van der Waals surface area contributed by atoms with Gasteiger partial charge in [0.05, 0.1) is 40.3 Å². The Morgan fingerprint density at radius 3 is 1.55 bits per heavy atom. The van der Waals surface area contributed by atoms with E-state index in [9.17, 15) is 19.5 Å². The molecule has 2 unspecified atom stereocenters. The molecule has 0 aromatic heterocycles. The summed E-state index contributed by atoms with van der Waals surface area (Å²) in [7, 11) is 5.39. The van der Waals surface area contributed by atoms with Gasteiger partial charge in [0.1, 0.15) is 12.6 Å². The van der Waals surface area contributed by atoms with E-state index in [1.54, 1.807) is 21.1 Å². The molecule has 8 heteroatoms. The number of ether oxygens (including phenoxy) is 3. The average Bonchev–Trinajstić information content (AvgIpc) is 3.18. The van der Waals surface area contributed by atoms with Crippen molar-refractivity contribution in [3.05, 3.63) is 72.9 Å². The lowest BCUT2D eigenvalue weighted by molar-refractivity contribution is -0.889. The predicted molar refractivity (Wildman–Crippen MR) is 240 cm³/mol. The van der Waals surface area contributed by atoms with E-state index >= 15 is 0 Å². The van der Waals surface area contributed by atoms with Gasteiger partial charge in [0.2, 0.25) is 0 Å². The van der Waals surface area contributed by atoms with Crippen molar-refractivity contribution < 1.29 is 38.2 Å². The number of quaternary nitrogens is 1. The molecule has 0 fully saturated rings. The minimum Gasteiger partial charge on any atom is -0.544 e.